The van der Waals surface area contributed by atoms with Crippen LogP contribution >= 0.6 is 0 Å². The molecule has 0 saturated carbocycles. The molecule has 0 aliphatic rings. The molecule has 2 N–H and O–H groups in total. The summed E-state index contributed by atoms with van der Waals surface area (Å²) in [6.07, 6.45) is 0.235. The number of carboxylic acids is 1. The van der Waals surface area contributed by atoms with Crippen LogP contribution in [0.5, 0.6) is 5.75 Å². The van der Waals surface area contributed by atoms with E-state index >= 15 is 0 Å². The van der Waals surface area contributed by atoms with Crippen molar-refractivity contribution in [2.24, 2.45) is 0 Å². The van der Waals surface area contributed by atoms with E-state index in [0.29, 0.717) is 18.8 Å². The van der Waals surface area contributed by atoms with Gasteiger partial charge in [-0.1, -0.05) is 31.2 Å². The standard InChI is InChI=1S/C17H18O4/c1-2-16(18)13-7-9-15(10-8-13)21-11-12-3-5-14(6-4-12)17(19)20/h3-10,16,18H,2,11H2,1H3,(H,19,20)/t16-/m0/s1. The molecule has 0 aromatic heterocycles. The van der Waals surface area contributed by atoms with Gasteiger partial charge in [0.2, 0.25) is 0 Å². The van der Waals surface area contributed by atoms with Crippen molar-refractivity contribution < 1.29 is 19.7 Å². The van der Waals surface area contributed by atoms with Gasteiger partial charge in [0.15, 0.2) is 0 Å². The summed E-state index contributed by atoms with van der Waals surface area (Å²) in [5, 5.41) is 18.5. The van der Waals surface area contributed by atoms with Gasteiger partial charge < -0.3 is 14.9 Å². The number of hydrogen-bond donors (Lipinski definition) is 2. The molecule has 2 aromatic carbocycles. The summed E-state index contributed by atoms with van der Waals surface area (Å²) in [6, 6.07) is 13.9. The Bertz CT molecular complexity index is 587. The Hall–Kier alpha value is -2.33. The maximum Gasteiger partial charge on any atom is 0.335 e. The molecule has 0 bridgehead atoms. The van der Waals surface area contributed by atoms with Gasteiger partial charge in [0.05, 0.1) is 11.7 Å². The minimum absolute atomic E-state index is 0.261. The third-order valence-electron chi connectivity index (χ3n) is 3.26. The van der Waals surface area contributed by atoms with E-state index in [4.69, 9.17) is 9.84 Å². The summed E-state index contributed by atoms with van der Waals surface area (Å²) in [6.45, 7) is 2.30. The molecule has 0 heterocycles. The summed E-state index contributed by atoms with van der Waals surface area (Å²) >= 11 is 0. The average Bonchev–Trinajstić information content (AvgIpc) is 2.53. The first-order chi connectivity index (χ1) is 10.1. The van der Waals surface area contributed by atoms with Crippen LogP contribution < -0.4 is 4.74 Å². The van der Waals surface area contributed by atoms with Crippen molar-refractivity contribution >= 4 is 5.97 Å². The molecule has 0 aliphatic carbocycles. The lowest BCUT2D eigenvalue weighted by Crippen LogP contribution is -1.99. The number of hydrogen-bond acceptors (Lipinski definition) is 3. The third kappa shape index (κ3) is 4.07. The van der Waals surface area contributed by atoms with Crippen LogP contribution in [-0.4, -0.2) is 16.2 Å². The maximum atomic E-state index is 10.8. The highest BCUT2D eigenvalue weighted by Gasteiger charge is 2.05. The SMILES string of the molecule is CC[C@H](O)c1ccc(OCc2ccc(C(=O)O)cc2)cc1. The summed E-state index contributed by atoms with van der Waals surface area (Å²) in [4.78, 5) is 10.8. The molecular weight excluding hydrogens is 268 g/mol. The fourth-order valence-corrected chi connectivity index (χ4v) is 1.93. The second kappa shape index (κ2) is 6.90. The zero-order valence-corrected chi connectivity index (χ0v) is 11.8. The van der Waals surface area contributed by atoms with Crippen molar-refractivity contribution in [1.29, 1.82) is 0 Å². The molecule has 1 atom stereocenters. The van der Waals surface area contributed by atoms with E-state index in [2.05, 4.69) is 0 Å². The highest BCUT2D eigenvalue weighted by atomic mass is 16.5. The Kier molecular flexibility index (Phi) is 4.95. The van der Waals surface area contributed by atoms with Crippen molar-refractivity contribution in [2.75, 3.05) is 0 Å². The van der Waals surface area contributed by atoms with Gasteiger partial charge >= 0.3 is 5.97 Å². The smallest absolute Gasteiger partial charge is 0.335 e. The first kappa shape index (κ1) is 15.1. The lowest BCUT2D eigenvalue weighted by Gasteiger charge is -2.10. The van der Waals surface area contributed by atoms with E-state index in [0.717, 1.165) is 11.1 Å². The monoisotopic (exact) mass is 286 g/mol. The largest absolute Gasteiger partial charge is 0.489 e. The highest BCUT2D eigenvalue weighted by molar-refractivity contribution is 5.87. The molecular formula is C17H18O4. The lowest BCUT2D eigenvalue weighted by molar-refractivity contribution is 0.0697. The molecule has 0 radical (unpaired) electrons. The van der Waals surface area contributed by atoms with Crippen molar-refractivity contribution in [3.05, 3.63) is 65.2 Å². The zero-order chi connectivity index (χ0) is 15.2. The van der Waals surface area contributed by atoms with Gasteiger partial charge in [0.25, 0.3) is 0 Å². The van der Waals surface area contributed by atoms with Gasteiger partial charge in [-0.2, -0.15) is 0 Å². The Labute approximate surface area is 123 Å². The third-order valence-corrected chi connectivity index (χ3v) is 3.26. The van der Waals surface area contributed by atoms with Crippen molar-refractivity contribution in [3.63, 3.8) is 0 Å². The Morgan fingerprint density at radius 3 is 2.24 bits per heavy atom. The average molecular weight is 286 g/mol. The zero-order valence-electron chi connectivity index (χ0n) is 11.8. The number of aliphatic hydroxyl groups is 1. The Morgan fingerprint density at radius 1 is 1.10 bits per heavy atom. The van der Waals surface area contributed by atoms with Crippen LogP contribution in [0.25, 0.3) is 0 Å². The van der Waals surface area contributed by atoms with Gasteiger partial charge in [0, 0.05) is 0 Å². The molecule has 21 heavy (non-hydrogen) atoms. The number of benzene rings is 2. The van der Waals surface area contributed by atoms with E-state index in [1.165, 1.54) is 0 Å². The molecule has 0 amide bonds. The number of ether oxygens (including phenoxy) is 1. The Balaban J connectivity index is 1.95. The highest BCUT2D eigenvalue weighted by Crippen LogP contribution is 2.20. The molecule has 4 heteroatoms. The van der Waals surface area contributed by atoms with Crippen LogP contribution in [-0.2, 0) is 6.61 Å². The molecule has 2 rings (SSSR count). The van der Waals surface area contributed by atoms with Gasteiger partial charge in [-0.3, -0.25) is 0 Å². The number of aliphatic hydroxyl groups excluding tert-OH is 1. The van der Waals surface area contributed by atoms with Crippen LogP contribution in [0.2, 0.25) is 0 Å². The van der Waals surface area contributed by atoms with E-state index < -0.39 is 12.1 Å². The van der Waals surface area contributed by atoms with Gasteiger partial charge in [0.1, 0.15) is 12.4 Å². The minimum atomic E-state index is -0.937. The summed E-state index contributed by atoms with van der Waals surface area (Å²) in [5.74, 6) is -0.225. The first-order valence-corrected chi connectivity index (χ1v) is 6.83. The molecule has 110 valence electrons. The van der Waals surface area contributed by atoms with Crippen molar-refractivity contribution in [3.8, 4) is 5.75 Å². The predicted octanol–water partition coefficient (Wildman–Crippen LogP) is 3.41. The van der Waals surface area contributed by atoms with Crippen LogP contribution in [0.15, 0.2) is 48.5 Å². The fourth-order valence-electron chi connectivity index (χ4n) is 1.93. The normalized spacial score (nSPS) is 11.9. The fraction of sp³-hybridized carbons (Fsp3) is 0.235. The summed E-state index contributed by atoms with van der Waals surface area (Å²) in [5.41, 5.74) is 2.03. The quantitative estimate of drug-likeness (QED) is 0.854. The lowest BCUT2D eigenvalue weighted by atomic mass is 10.1. The predicted molar refractivity (Wildman–Crippen MR) is 79.4 cm³/mol. The van der Waals surface area contributed by atoms with E-state index in [1.54, 1.807) is 24.3 Å². The summed E-state index contributed by atoms with van der Waals surface area (Å²) < 4.78 is 5.63. The molecule has 4 nitrogen and oxygen atoms in total. The topological polar surface area (TPSA) is 66.8 Å². The van der Waals surface area contributed by atoms with Gasteiger partial charge in [-0.15, -0.1) is 0 Å². The molecule has 2 aromatic rings. The molecule has 0 fully saturated rings. The number of carbonyl (C=O) groups is 1. The van der Waals surface area contributed by atoms with E-state index in [-0.39, 0.29) is 5.56 Å². The number of carboxylic acid groups (broad SMARTS) is 1. The second-order valence-electron chi connectivity index (χ2n) is 4.78. The number of aromatic carboxylic acids is 1. The van der Waals surface area contributed by atoms with Gasteiger partial charge in [-0.05, 0) is 41.8 Å². The molecule has 0 unspecified atom stereocenters. The Morgan fingerprint density at radius 2 is 1.71 bits per heavy atom. The van der Waals surface area contributed by atoms with Crippen molar-refractivity contribution in [2.45, 2.75) is 26.1 Å². The van der Waals surface area contributed by atoms with E-state index in [9.17, 15) is 9.90 Å². The molecule has 0 spiro atoms. The van der Waals surface area contributed by atoms with Crippen LogP contribution in [0.4, 0.5) is 0 Å². The second-order valence-corrected chi connectivity index (χ2v) is 4.78. The molecule has 0 saturated heterocycles. The first-order valence-electron chi connectivity index (χ1n) is 6.83. The number of rotatable bonds is 6. The van der Waals surface area contributed by atoms with Crippen LogP contribution in [0.1, 0.15) is 40.9 Å². The van der Waals surface area contributed by atoms with Crippen LogP contribution in [0, 0.1) is 0 Å². The minimum Gasteiger partial charge on any atom is -0.489 e. The van der Waals surface area contributed by atoms with Crippen LogP contribution in [0.3, 0.4) is 0 Å². The molecule has 0 aliphatic heterocycles. The van der Waals surface area contributed by atoms with Gasteiger partial charge in [-0.25, -0.2) is 4.79 Å². The van der Waals surface area contributed by atoms with E-state index in [1.807, 2.05) is 31.2 Å². The summed E-state index contributed by atoms with van der Waals surface area (Å²) in [7, 11) is 0. The van der Waals surface area contributed by atoms with Crippen molar-refractivity contribution in [1.82, 2.24) is 0 Å². The maximum absolute atomic E-state index is 10.8.